The Morgan fingerprint density at radius 3 is 2.68 bits per heavy atom. The van der Waals surface area contributed by atoms with Crippen LogP contribution in [0.15, 0.2) is 54.6 Å². The lowest BCUT2D eigenvalue weighted by Crippen LogP contribution is -3.10. The predicted octanol–water partition coefficient (Wildman–Crippen LogP) is 1.36. The van der Waals surface area contributed by atoms with Crippen LogP contribution in [0, 0.1) is 5.82 Å². The van der Waals surface area contributed by atoms with Crippen LogP contribution in [0.25, 0.3) is 0 Å². The van der Waals surface area contributed by atoms with Gasteiger partial charge < -0.3 is 15.0 Å². The molecule has 4 nitrogen and oxygen atoms in total. The lowest BCUT2D eigenvalue weighted by molar-refractivity contribution is -0.871. The molecule has 2 aromatic carbocycles. The number of carbonyl (C=O) groups is 1. The van der Waals surface area contributed by atoms with Crippen molar-refractivity contribution in [3.63, 3.8) is 0 Å². The number of benzene rings is 2. The van der Waals surface area contributed by atoms with Gasteiger partial charge in [0.2, 0.25) is 0 Å². The molecule has 0 heterocycles. The van der Waals surface area contributed by atoms with Crippen molar-refractivity contribution in [2.45, 2.75) is 0 Å². The molecule has 0 bridgehead atoms. The first kappa shape index (κ1) is 16.0. The maximum Gasteiger partial charge on any atom is 0.279 e. The van der Waals surface area contributed by atoms with Gasteiger partial charge in [0.1, 0.15) is 24.7 Å². The van der Waals surface area contributed by atoms with Crippen molar-refractivity contribution >= 4 is 11.6 Å². The smallest absolute Gasteiger partial charge is 0.279 e. The number of ether oxygens (including phenoxy) is 1. The number of anilines is 1. The molecule has 0 fully saturated rings. The largest absolute Gasteiger partial charge is 0.488 e. The Hall–Kier alpha value is -2.40. The van der Waals surface area contributed by atoms with Crippen LogP contribution in [0.2, 0.25) is 0 Å². The Balaban J connectivity index is 1.70. The summed E-state index contributed by atoms with van der Waals surface area (Å²) in [6.45, 7) is 1.53. The van der Waals surface area contributed by atoms with Gasteiger partial charge in [0.25, 0.3) is 5.91 Å². The van der Waals surface area contributed by atoms with Crippen molar-refractivity contribution in [2.75, 3.05) is 32.1 Å². The maximum atomic E-state index is 13.0. The molecule has 0 aromatic heterocycles. The van der Waals surface area contributed by atoms with E-state index in [0.717, 1.165) is 10.6 Å². The fourth-order valence-corrected chi connectivity index (χ4v) is 1.99. The summed E-state index contributed by atoms with van der Waals surface area (Å²) < 4.78 is 18.6. The van der Waals surface area contributed by atoms with Crippen LogP contribution >= 0.6 is 0 Å². The van der Waals surface area contributed by atoms with E-state index >= 15 is 0 Å². The molecule has 0 aliphatic rings. The molecule has 1 amide bonds. The molecular weight excluding hydrogens is 283 g/mol. The quantitative estimate of drug-likeness (QED) is 0.811. The number of amides is 1. The molecule has 0 aliphatic carbocycles. The van der Waals surface area contributed by atoms with E-state index in [2.05, 4.69) is 5.32 Å². The van der Waals surface area contributed by atoms with Crippen molar-refractivity contribution in [1.82, 2.24) is 0 Å². The lowest BCUT2D eigenvalue weighted by Gasteiger charge is -2.14. The number of nitrogens with one attached hydrogen (secondary N) is 2. The summed E-state index contributed by atoms with van der Waals surface area (Å²) in [6.07, 6.45) is 0. The SMILES string of the molecule is C[NH+](CCOc1ccccc1)CC(=O)Nc1cccc(F)c1. The molecule has 1 unspecified atom stereocenters. The van der Waals surface area contributed by atoms with E-state index in [0.29, 0.717) is 25.4 Å². The third-order valence-electron chi connectivity index (χ3n) is 3.11. The molecule has 2 rings (SSSR count). The van der Waals surface area contributed by atoms with Crippen LogP contribution in [-0.2, 0) is 4.79 Å². The molecule has 5 heteroatoms. The second kappa shape index (κ2) is 8.14. The Morgan fingerprint density at radius 2 is 1.95 bits per heavy atom. The van der Waals surface area contributed by atoms with Crippen molar-refractivity contribution in [3.05, 3.63) is 60.4 Å². The summed E-state index contributed by atoms with van der Waals surface area (Å²) in [4.78, 5) is 12.9. The van der Waals surface area contributed by atoms with Crippen LogP contribution in [0.1, 0.15) is 0 Å². The zero-order valence-electron chi connectivity index (χ0n) is 12.5. The summed E-state index contributed by atoms with van der Waals surface area (Å²) >= 11 is 0. The average Bonchev–Trinajstić information content (AvgIpc) is 2.48. The van der Waals surface area contributed by atoms with Gasteiger partial charge in [0.15, 0.2) is 6.54 Å². The molecule has 2 aromatic rings. The number of quaternary nitrogens is 1. The first-order valence-corrected chi connectivity index (χ1v) is 7.18. The molecule has 0 saturated carbocycles. The molecule has 2 N–H and O–H groups in total. The van der Waals surface area contributed by atoms with Gasteiger partial charge in [0.05, 0.1) is 7.05 Å². The minimum atomic E-state index is -0.366. The number of hydrogen-bond acceptors (Lipinski definition) is 2. The van der Waals surface area contributed by atoms with Crippen LogP contribution in [0.5, 0.6) is 5.75 Å². The Kier molecular flexibility index (Phi) is 5.91. The molecule has 0 saturated heterocycles. The topological polar surface area (TPSA) is 42.8 Å². The Labute approximate surface area is 129 Å². The van der Waals surface area contributed by atoms with E-state index in [1.807, 2.05) is 37.4 Å². The van der Waals surface area contributed by atoms with Crippen LogP contribution in [0.3, 0.4) is 0 Å². The highest BCUT2D eigenvalue weighted by Gasteiger charge is 2.10. The van der Waals surface area contributed by atoms with E-state index in [9.17, 15) is 9.18 Å². The molecule has 0 radical (unpaired) electrons. The number of rotatable bonds is 7. The highest BCUT2D eigenvalue weighted by Crippen LogP contribution is 2.08. The van der Waals surface area contributed by atoms with Gasteiger partial charge in [-0.2, -0.15) is 0 Å². The van der Waals surface area contributed by atoms with E-state index in [-0.39, 0.29) is 11.7 Å². The maximum absolute atomic E-state index is 13.0. The van der Waals surface area contributed by atoms with Gasteiger partial charge in [-0.25, -0.2) is 4.39 Å². The minimum Gasteiger partial charge on any atom is -0.488 e. The van der Waals surface area contributed by atoms with E-state index in [4.69, 9.17) is 4.74 Å². The van der Waals surface area contributed by atoms with Crippen molar-refractivity contribution < 1.29 is 18.8 Å². The van der Waals surface area contributed by atoms with Crippen LogP contribution in [0.4, 0.5) is 10.1 Å². The summed E-state index contributed by atoms with van der Waals surface area (Å²) in [7, 11) is 1.92. The number of likely N-dealkylation sites (N-methyl/N-ethyl adjacent to an activating group) is 1. The van der Waals surface area contributed by atoms with Gasteiger partial charge in [-0.3, -0.25) is 4.79 Å². The number of carbonyl (C=O) groups excluding carboxylic acids is 1. The normalized spacial score (nSPS) is 11.7. The standard InChI is InChI=1S/C17H19FN2O2/c1-20(10-11-22-16-8-3-2-4-9-16)13-17(21)19-15-7-5-6-14(18)12-15/h2-9,12H,10-11,13H2,1H3,(H,19,21)/p+1. The average molecular weight is 303 g/mol. The molecule has 1 atom stereocenters. The van der Waals surface area contributed by atoms with E-state index < -0.39 is 0 Å². The van der Waals surface area contributed by atoms with Gasteiger partial charge in [-0.1, -0.05) is 24.3 Å². The Bertz CT molecular complexity index is 605. The zero-order chi connectivity index (χ0) is 15.8. The highest BCUT2D eigenvalue weighted by atomic mass is 19.1. The first-order valence-electron chi connectivity index (χ1n) is 7.18. The predicted molar refractivity (Wildman–Crippen MR) is 83.6 cm³/mol. The third-order valence-corrected chi connectivity index (χ3v) is 3.11. The second-order valence-corrected chi connectivity index (χ2v) is 5.10. The fourth-order valence-electron chi connectivity index (χ4n) is 1.99. The minimum absolute atomic E-state index is 0.150. The molecule has 0 spiro atoms. The summed E-state index contributed by atoms with van der Waals surface area (Å²) in [5.74, 6) is 0.303. The Morgan fingerprint density at radius 1 is 1.18 bits per heavy atom. The van der Waals surface area contributed by atoms with Crippen molar-refractivity contribution in [3.8, 4) is 5.75 Å². The lowest BCUT2D eigenvalue weighted by atomic mass is 10.3. The van der Waals surface area contributed by atoms with Crippen molar-refractivity contribution in [2.24, 2.45) is 0 Å². The summed E-state index contributed by atoms with van der Waals surface area (Å²) in [5, 5.41) is 2.68. The summed E-state index contributed by atoms with van der Waals surface area (Å²) in [5.41, 5.74) is 0.471. The zero-order valence-corrected chi connectivity index (χ0v) is 12.5. The highest BCUT2D eigenvalue weighted by molar-refractivity contribution is 5.91. The van der Waals surface area contributed by atoms with E-state index in [1.54, 1.807) is 12.1 Å². The van der Waals surface area contributed by atoms with Gasteiger partial charge >= 0.3 is 0 Å². The summed E-state index contributed by atoms with van der Waals surface area (Å²) in [6, 6.07) is 15.4. The third kappa shape index (κ3) is 5.54. The van der Waals surface area contributed by atoms with Crippen LogP contribution in [-0.4, -0.2) is 32.7 Å². The monoisotopic (exact) mass is 303 g/mol. The number of para-hydroxylation sites is 1. The number of halogens is 1. The molecule has 116 valence electrons. The van der Waals surface area contributed by atoms with Crippen molar-refractivity contribution in [1.29, 1.82) is 0 Å². The first-order chi connectivity index (χ1) is 10.6. The molecule has 22 heavy (non-hydrogen) atoms. The number of hydrogen-bond donors (Lipinski definition) is 2. The van der Waals surface area contributed by atoms with Gasteiger partial charge in [-0.15, -0.1) is 0 Å². The molecule has 0 aliphatic heterocycles. The second-order valence-electron chi connectivity index (χ2n) is 5.10. The van der Waals surface area contributed by atoms with Crippen LogP contribution < -0.4 is 15.0 Å². The molecular formula is C17H20FN2O2+. The fraction of sp³-hybridized carbons (Fsp3) is 0.235. The van der Waals surface area contributed by atoms with Gasteiger partial charge in [0, 0.05) is 5.69 Å². The van der Waals surface area contributed by atoms with Gasteiger partial charge in [-0.05, 0) is 30.3 Å². The van der Waals surface area contributed by atoms with E-state index in [1.165, 1.54) is 12.1 Å².